The summed E-state index contributed by atoms with van der Waals surface area (Å²) in [6.45, 7) is 0. The number of benzene rings is 7. The predicted molar refractivity (Wildman–Crippen MR) is 196 cm³/mol. The fourth-order valence-corrected chi connectivity index (χ4v) is 8.56. The number of rotatable bonds is 4. The topological polar surface area (TPSA) is 8.17 Å². The third-order valence-electron chi connectivity index (χ3n) is 10.6. The van der Waals surface area contributed by atoms with Crippen LogP contribution in [0.1, 0.15) is 22.3 Å². The highest BCUT2D eigenvalue weighted by Gasteiger charge is 2.47. The standard InChI is InChI=1S/C45H32N2/c1-3-15-33(16-4-1)46(35-24-26-44-40(27-35)39-20-10-12-22-43(39)47(44)34-17-5-2-6-18-34)36-23-25-38-37-19-9-11-21-41(37)45(42(38)28-36)29-31-13-7-8-14-32(31)30-45/h1-28H,29-30H2. The Bertz CT molecular complexity index is 2450. The summed E-state index contributed by atoms with van der Waals surface area (Å²) >= 11 is 0. The third-order valence-corrected chi connectivity index (χ3v) is 10.6. The zero-order valence-electron chi connectivity index (χ0n) is 26.0. The number of anilines is 3. The molecule has 1 heterocycles. The first-order valence-corrected chi connectivity index (χ1v) is 16.5. The van der Waals surface area contributed by atoms with Crippen LogP contribution in [0.2, 0.25) is 0 Å². The fourth-order valence-electron chi connectivity index (χ4n) is 8.56. The second-order valence-electron chi connectivity index (χ2n) is 13.0. The van der Waals surface area contributed by atoms with E-state index in [0.717, 1.165) is 24.2 Å². The maximum atomic E-state index is 2.49. The summed E-state index contributed by atoms with van der Waals surface area (Å²) in [4.78, 5) is 2.44. The highest BCUT2D eigenvalue weighted by atomic mass is 15.1. The quantitative estimate of drug-likeness (QED) is 0.195. The van der Waals surface area contributed by atoms with Crippen LogP contribution in [0.25, 0.3) is 38.6 Å². The van der Waals surface area contributed by atoms with E-state index in [1.54, 1.807) is 0 Å². The summed E-state index contributed by atoms with van der Waals surface area (Å²) in [7, 11) is 0. The lowest BCUT2D eigenvalue weighted by molar-refractivity contribution is 0.563. The molecule has 2 aliphatic carbocycles. The van der Waals surface area contributed by atoms with E-state index in [0.29, 0.717) is 0 Å². The van der Waals surface area contributed by atoms with Gasteiger partial charge >= 0.3 is 0 Å². The molecule has 2 heteroatoms. The van der Waals surface area contributed by atoms with Crippen LogP contribution >= 0.6 is 0 Å². The van der Waals surface area contributed by atoms with Crippen molar-refractivity contribution in [2.45, 2.75) is 18.3 Å². The molecule has 0 unspecified atom stereocenters. The van der Waals surface area contributed by atoms with E-state index < -0.39 is 0 Å². The number of para-hydroxylation sites is 3. The highest BCUT2D eigenvalue weighted by Crippen LogP contribution is 2.56. The monoisotopic (exact) mass is 600 g/mol. The Labute approximate surface area is 274 Å². The van der Waals surface area contributed by atoms with Crippen molar-refractivity contribution < 1.29 is 0 Å². The Morgan fingerprint density at radius 3 is 1.83 bits per heavy atom. The van der Waals surface area contributed by atoms with Crippen molar-refractivity contribution in [1.82, 2.24) is 4.57 Å². The van der Waals surface area contributed by atoms with Gasteiger partial charge in [-0.1, -0.05) is 109 Å². The van der Waals surface area contributed by atoms with Crippen LogP contribution in [0, 0.1) is 0 Å². The van der Waals surface area contributed by atoms with Crippen molar-refractivity contribution in [2.24, 2.45) is 0 Å². The molecular formula is C45H32N2. The van der Waals surface area contributed by atoms with Gasteiger partial charge in [-0.15, -0.1) is 0 Å². The van der Waals surface area contributed by atoms with Crippen molar-refractivity contribution in [1.29, 1.82) is 0 Å². The fraction of sp³-hybridized carbons (Fsp3) is 0.0667. The minimum Gasteiger partial charge on any atom is -0.310 e. The Morgan fingerprint density at radius 1 is 0.426 bits per heavy atom. The number of fused-ring (bicyclic) bond motifs is 9. The van der Waals surface area contributed by atoms with Crippen molar-refractivity contribution >= 4 is 38.9 Å². The lowest BCUT2D eigenvalue weighted by atomic mass is 9.75. The molecule has 10 rings (SSSR count). The molecule has 0 N–H and O–H groups in total. The molecule has 8 aromatic rings. The molecule has 47 heavy (non-hydrogen) atoms. The lowest BCUT2D eigenvalue weighted by Gasteiger charge is -2.30. The second-order valence-corrected chi connectivity index (χ2v) is 13.0. The predicted octanol–water partition coefficient (Wildman–Crippen LogP) is 11.3. The Hall–Kier alpha value is -5.86. The molecular weight excluding hydrogens is 569 g/mol. The first-order chi connectivity index (χ1) is 23.3. The molecule has 0 radical (unpaired) electrons. The third kappa shape index (κ3) is 3.85. The van der Waals surface area contributed by atoms with Gasteiger partial charge in [0, 0.05) is 38.9 Å². The van der Waals surface area contributed by atoms with E-state index in [1.165, 1.54) is 66.6 Å². The van der Waals surface area contributed by atoms with Gasteiger partial charge in [0.1, 0.15) is 0 Å². The van der Waals surface area contributed by atoms with Gasteiger partial charge in [0.25, 0.3) is 0 Å². The lowest BCUT2D eigenvalue weighted by Crippen LogP contribution is -2.26. The zero-order valence-corrected chi connectivity index (χ0v) is 26.0. The Kier molecular flexibility index (Phi) is 5.65. The van der Waals surface area contributed by atoms with Crippen LogP contribution in [0.5, 0.6) is 0 Å². The molecule has 2 aliphatic rings. The molecule has 0 atom stereocenters. The SMILES string of the molecule is c1ccc(N(c2ccc3c(c2)C2(Cc4ccccc4C2)c2ccccc2-3)c2ccc3c(c2)c2ccccc2n3-c2ccccc2)cc1. The summed E-state index contributed by atoms with van der Waals surface area (Å²) < 4.78 is 2.38. The van der Waals surface area contributed by atoms with Gasteiger partial charge in [0.15, 0.2) is 0 Å². The van der Waals surface area contributed by atoms with Crippen LogP contribution in [0.3, 0.4) is 0 Å². The molecule has 1 spiro atoms. The van der Waals surface area contributed by atoms with Crippen LogP contribution in [-0.2, 0) is 18.3 Å². The molecule has 0 bridgehead atoms. The maximum Gasteiger partial charge on any atom is 0.0542 e. The molecule has 0 saturated carbocycles. The molecule has 7 aromatic carbocycles. The van der Waals surface area contributed by atoms with Crippen LogP contribution in [0.4, 0.5) is 17.1 Å². The summed E-state index contributed by atoms with van der Waals surface area (Å²) in [5.41, 5.74) is 15.6. The number of nitrogens with zero attached hydrogens (tertiary/aromatic N) is 2. The van der Waals surface area contributed by atoms with Crippen molar-refractivity contribution in [3.8, 4) is 16.8 Å². The van der Waals surface area contributed by atoms with Gasteiger partial charge in [0.05, 0.1) is 11.0 Å². The Balaban J connectivity index is 1.18. The van der Waals surface area contributed by atoms with E-state index in [9.17, 15) is 0 Å². The molecule has 222 valence electrons. The van der Waals surface area contributed by atoms with Gasteiger partial charge < -0.3 is 9.47 Å². The molecule has 0 fully saturated rings. The molecule has 2 nitrogen and oxygen atoms in total. The average Bonchev–Trinajstić information content (AvgIpc) is 3.77. The minimum atomic E-state index is -0.0545. The van der Waals surface area contributed by atoms with E-state index in [4.69, 9.17) is 0 Å². The zero-order chi connectivity index (χ0) is 31.0. The first-order valence-electron chi connectivity index (χ1n) is 16.5. The number of aromatic nitrogens is 1. The largest absolute Gasteiger partial charge is 0.310 e. The van der Waals surface area contributed by atoms with E-state index in [1.807, 2.05) is 0 Å². The van der Waals surface area contributed by atoms with E-state index in [-0.39, 0.29) is 5.41 Å². The average molecular weight is 601 g/mol. The Morgan fingerprint density at radius 2 is 1.02 bits per heavy atom. The van der Waals surface area contributed by atoms with Crippen molar-refractivity contribution in [3.05, 3.63) is 192 Å². The molecule has 0 saturated heterocycles. The summed E-state index contributed by atoms with van der Waals surface area (Å²) in [6, 6.07) is 62.6. The van der Waals surface area contributed by atoms with Gasteiger partial charge in [-0.2, -0.15) is 0 Å². The smallest absolute Gasteiger partial charge is 0.0542 e. The van der Waals surface area contributed by atoms with Gasteiger partial charge in [0.2, 0.25) is 0 Å². The highest BCUT2D eigenvalue weighted by molar-refractivity contribution is 6.10. The van der Waals surface area contributed by atoms with Gasteiger partial charge in [-0.05, 0) is 107 Å². The van der Waals surface area contributed by atoms with Crippen molar-refractivity contribution in [2.75, 3.05) is 4.90 Å². The van der Waals surface area contributed by atoms with Crippen LogP contribution in [0.15, 0.2) is 170 Å². The van der Waals surface area contributed by atoms with E-state index in [2.05, 4.69) is 179 Å². The van der Waals surface area contributed by atoms with E-state index >= 15 is 0 Å². The molecule has 1 aromatic heterocycles. The summed E-state index contributed by atoms with van der Waals surface area (Å²) in [6.07, 6.45) is 2.07. The second kappa shape index (κ2) is 10.1. The summed E-state index contributed by atoms with van der Waals surface area (Å²) in [5.74, 6) is 0. The minimum absolute atomic E-state index is 0.0545. The molecule has 0 amide bonds. The molecule has 0 aliphatic heterocycles. The van der Waals surface area contributed by atoms with Crippen LogP contribution < -0.4 is 4.90 Å². The number of hydrogen-bond donors (Lipinski definition) is 0. The normalized spacial score (nSPS) is 14.0. The summed E-state index contributed by atoms with van der Waals surface area (Å²) in [5, 5.41) is 2.51. The van der Waals surface area contributed by atoms with Gasteiger partial charge in [-0.25, -0.2) is 0 Å². The number of hydrogen-bond acceptors (Lipinski definition) is 1. The first kappa shape index (κ1) is 26.4. The van der Waals surface area contributed by atoms with Crippen LogP contribution in [-0.4, -0.2) is 4.57 Å². The maximum absolute atomic E-state index is 2.49. The van der Waals surface area contributed by atoms with Gasteiger partial charge in [-0.3, -0.25) is 0 Å². The van der Waals surface area contributed by atoms with Crippen molar-refractivity contribution in [3.63, 3.8) is 0 Å².